The van der Waals surface area contributed by atoms with Gasteiger partial charge in [-0.2, -0.15) is 5.10 Å². The maximum atomic E-state index is 12.8. The number of aromatic nitrogens is 1. The number of benzene rings is 2. The lowest BCUT2D eigenvalue weighted by Gasteiger charge is -2.04. The molecule has 0 aliphatic heterocycles. The van der Waals surface area contributed by atoms with E-state index in [1.54, 1.807) is 29.7 Å². The van der Waals surface area contributed by atoms with Crippen molar-refractivity contribution in [1.82, 2.24) is 4.98 Å². The Labute approximate surface area is 144 Å². The Morgan fingerprint density at radius 2 is 1.62 bits per heavy atom. The van der Waals surface area contributed by atoms with Gasteiger partial charge in [-0.05, 0) is 6.92 Å². The number of aryl methyl sites for hydroxylation is 1. The lowest BCUT2D eigenvalue weighted by molar-refractivity contribution is 0.106. The van der Waals surface area contributed by atoms with Crippen molar-refractivity contribution in [3.63, 3.8) is 0 Å². The number of hydrogen-bond donors (Lipinski definition) is 0. The predicted octanol–water partition coefficient (Wildman–Crippen LogP) is 4.16. The molecule has 0 unspecified atom stereocenters. The van der Waals surface area contributed by atoms with E-state index < -0.39 is 0 Å². The van der Waals surface area contributed by atoms with Crippen LogP contribution in [0.1, 0.15) is 26.6 Å². The van der Waals surface area contributed by atoms with E-state index in [9.17, 15) is 4.79 Å². The topological polar surface area (TPSA) is 54.7 Å². The molecule has 1 heterocycles. The number of carbonyl (C=O) groups excluding carboxylic acids is 1. The second-order valence-electron chi connectivity index (χ2n) is 5.05. The second kappa shape index (κ2) is 7.57. The highest BCUT2D eigenvalue weighted by Gasteiger charge is 2.15. The highest BCUT2D eigenvalue weighted by molar-refractivity contribution is 7.09. The molecule has 1 aromatic heterocycles. The summed E-state index contributed by atoms with van der Waals surface area (Å²) in [6, 6.07) is 18.4. The van der Waals surface area contributed by atoms with E-state index in [4.69, 9.17) is 0 Å². The Morgan fingerprint density at radius 1 is 1.00 bits per heavy atom. The zero-order valence-corrected chi connectivity index (χ0v) is 13.9. The fourth-order valence-corrected chi connectivity index (χ4v) is 2.70. The molecular weight excluding hydrogens is 318 g/mol. The zero-order valence-electron chi connectivity index (χ0n) is 13.1. The van der Waals surface area contributed by atoms with Crippen LogP contribution in [0.5, 0.6) is 0 Å². The van der Waals surface area contributed by atoms with Crippen LogP contribution < -0.4 is 0 Å². The SMILES string of the molecule is Cc1nc(/C=N/N=C(/C(=O)c2ccccc2)c2ccccc2)cs1. The molecule has 3 aromatic rings. The summed E-state index contributed by atoms with van der Waals surface area (Å²) in [6.07, 6.45) is 1.56. The molecule has 0 saturated heterocycles. The molecule has 3 rings (SSSR count). The molecule has 0 radical (unpaired) electrons. The van der Waals surface area contributed by atoms with E-state index in [1.807, 2.05) is 60.8 Å². The van der Waals surface area contributed by atoms with E-state index in [-0.39, 0.29) is 5.78 Å². The van der Waals surface area contributed by atoms with Crippen LogP contribution in [0.15, 0.2) is 76.2 Å². The number of ketones is 1. The summed E-state index contributed by atoms with van der Waals surface area (Å²) in [7, 11) is 0. The molecule has 0 bridgehead atoms. The van der Waals surface area contributed by atoms with Crippen molar-refractivity contribution in [3.8, 4) is 0 Å². The summed E-state index contributed by atoms with van der Waals surface area (Å²) in [4.78, 5) is 17.1. The molecular formula is C19H15N3OS. The van der Waals surface area contributed by atoms with Crippen molar-refractivity contribution in [2.24, 2.45) is 10.2 Å². The molecule has 0 fully saturated rings. The first-order valence-electron chi connectivity index (χ1n) is 7.42. The number of Topliss-reactive ketones (excluding diaryl/α,β-unsaturated/α-hetero) is 1. The van der Waals surface area contributed by atoms with Crippen molar-refractivity contribution >= 4 is 29.0 Å². The summed E-state index contributed by atoms with van der Waals surface area (Å²) in [5, 5.41) is 11.1. The fourth-order valence-electron chi connectivity index (χ4n) is 2.14. The fraction of sp³-hybridized carbons (Fsp3) is 0.0526. The monoisotopic (exact) mass is 333 g/mol. The van der Waals surface area contributed by atoms with Crippen molar-refractivity contribution in [3.05, 3.63) is 87.9 Å². The molecule has 0 atom stereocenters. The minimum absolute atomic E-state index is 0.159. The van der Waals surface area contributed by atoms with Gasteiger partial charge < -0.3 is 0 Å². The second-order valence-corrected chi connectivity index (χ2v) is 6.11. The van der Waals surface area contributed by atoms with Gasteiger partial charge in [0.2, 0.25) is 5.78 Å². The van der Waals surface area contributed by atoms with Crippen molar-refractivity contribution in [2.75, 3.05) is 0 Å². The number of carbonyl (C=O) groups is 1. The number of rotatable bonds is 5. The first-order chi connectivity index (χ1) is 11.7. The van der Waals surface area contributed by atoms with Gasteiger partial charge in [0.05, 0.1) is 16.9 Å². The zero-order chi connectivity index (χ0) is 16.8. The number of hydrogen-bond acceptors (Lipinski definition) is 5. The van der Waals surface area contributed by atoms with Gasteiger partial charge in [0.15, 0.2) is 0 Å². The summed E-state index contributed by atoms with van der Waals surface area (Å²) >= 11 is 1.55. The van der Waals surface area contributed by atoms with Crippen molar-refractivity contribution < 1.29 is 4.79 Å². The molecule has 0 aliphatic carbocycles. The van der Waals surface area contributed by atoms with Gasteiger partial charge in [0.1, 0.15) is 5.71 Å². The van der Waals surface area contributed by atoms with Crippen LogP contribution in [0.2, 0.25) is 0 Å². The maximum Gasteiger partial charge on any atom is 0.213 e. The van der Waals surface area contributed by atoms with Crippen LogP contribution in [-0.4, -0.2) is 22.7 Å². The summed E-state index contributed by atoms with van der Waals surface area (Å²) in [6.45, 7) is 1.93. The minimum atomic E-state index is -0.159. The van der Waals surface area contributed by atoms with E-state index in [0.717, 1.165) is 16.3 Å². The van der Waals surface area contributed by atoms with Gasteiger partial charge in [-0.25, -0.2) is 4.98 Å². The third kappa shape index (κ3) is 3.88. The van der Waals surface area contributed by atoms with E-state index in [0.29, 0.717) is 11.3 Å². The predicted molar refractivity (Wildman–Crippen MR) is 98.2 cm³/mol. The Balaban J connectivity index is 1.95. The van der Waals surface area contributed by atoms with Crippen LogP contribution >= 0.6 is 11.3 Å². The van der Waals surface area contributed by atoms with Gasteiger partial charge >= 0.3 is 0 Å². The third-order valence-electron chi connectivity index (χ3n) is 3.28. The molecule has 0 aliphatic rings. The highest BCUT2D eigenvalue weighted by atomic mass is 32.1. The molecule has 4 nitrogen and oxygen atoms in total. The van der Waals surface area contributed by atoms with Crippen molar-refractivity contribution in [1.29, 1.82) is 0 Å². The first-order valence-corrected chi connectivity index (χ1v) is 8.30. The highest BCUT2D eigenvalue weighted by Crippen LogP contribution is 2.10. The Kier molecular flexibility index (Phi) is 5.03. The van der Waals surface area contributed by atoms with Crippen LogP contribution in [-0.2, 0) is 0 Å². The molecule has 118 valence electrons. The van der Waals surface area contributed by atoms with E-state index >= 15 is 0 Å². The van der Waals surface area contributed by atoms with Crippen molar-refractivity contribution in [2.45, 2.75) is 6.92 Å². The Bertz CT molecular complexity index is 883. The maximum absolute atomic E-state index is 12.8. The summed E-state index contributed by atoms with van der Waals surface area (Å²) in [5.41, 5.74) is 2.36. The van der Waals surface area contributed by atoms with Gasteiger partial charge in [0.25, 0.3) is 0 Å². The normalized spacial score (nSPS) is 11.8. The van der Waals surface area contributed by atoms with Gasteiger partial charge in [-0.3, -0.25) is 4.79 Å². The molecule has 0 saturated carbocycles. The van der Waals surface area contributed by atoms with Crippen LogP contribution in [0, 0.1) is 6.92 Å². The number of thiazole rings is 1. The van der Waals surface area contributed by atoms with Crippen LogP contribution in [0.3, 0.4) is 0 Å². The lowest BCUT2D eigenvalue weighted by Crippen LogP contribution is -2.15. The summed E-state index contributed by atoms with van der Waals surface area (Å²) in [5.74, 6) is -0.159. The average molecular weight is 333 g/mol. The van der Waals surface area contributed by atoms with Crippen LogP contribution in [0.4, 0.5) is 0 Å². The first kappa shape index (κ1) is 16.0. The quantitative estimate of drug-likeness (QED) is 0.400. The smallest absolute Gasteiger partial charge is 0.213 e. The van der Waals surface area contributed by atoms with Gasteiger partial charge in [0, 0.05) is 16.5 Å². The molecule has 2 aromatic carbocycles. The van der Waals surface area contributed by atoms with Crippen LogP contribution in [0.25, 0.3) is 0 Å². The minimum Gasteiger partial charge on any atom is -0.287 e. The molecule has 0 amide bonds. The Morgan fingerprint density at radius 3 is 2.21 bits per heavy atom. The molecule has 0 N–H and O–H groups in total. The standard InChI is InChI=1S/C19H15N3OS/c1-14-21-17(13-24-14)12-20-22-18(15-8-4-2-5-9-15)19(23)16-10-6-3-7-11-16/h2-13H,1H3/b20-12+,22-18+. The lowest BCUT2D eigenvalue weighted by atomic mass is 10.0. The third-order valence-corrected chi connectivity index (χ3v) is 4.07. The average Bonchev–Trinajstić information content (AvgIpc) is 3.05. The molecule has 5 heteroatoms. The molecule has 24 heavy (non-hydrogen) atoms. The largest absolute Gasteiger partial charge is 0.287 e. The van der Waals surface area contributed by atoms with E-state index in [2.05, 4.69) is 15.2 Å². The van der Waals surface area contributed by atoms with Gasteiger partial charge in [-0.1, -0.05) is 60.7 Å². The number of nitrogens with zero attached hydrogens (tertiary/aromatic N) is 3. The molecule has 0 spiro atoms. The van der Waals surface area contributed by atoms with Gasteiger partial charge in [-0.15, -0.1) is 16.4 Å². The summed E-state index contributed by atoms with van der Waals surface area (Å²) < 4.78 is 0. The van der Waals surface area contributed by atoms with E-state index in [1.165, 1.54) is 0 Å². The Hall–Kier alpha value is -2.92.